The zero-order valence-electron chi connectivity index (χ0n) is 14.5. The van der Waals surface area contributed by atoms with Crippen LogP contribution in [-0.2, 0) is 10.0 Å². The highest BCUT2D eigenvalue weighted by atomic mass is 32.2. The van der Waals surface area contributed by atoms with Crippen LogP contribution in [0.1, 0.15) is 23.7 Å². The van der Waals surface area contributed by atoms with Crippen LogP contribution in [0.5, 0.6) is 5.75 Å². The SMILES string of the molecule is COc1ccc(C(=O)NC2CCNCC2C)cc1S(=O)(=O)N(C)C. The number of ether oxygens (including phenoxy) is 1. The predicted molar refractivity (Wildman–Crippen MR) is 91.8 cm³/mol. The van der Waals surface area contributed by atoms with Crippen molar-refractivity contribution in [2.75, 3.05) is 34.3 Å². The number of benzene rings is 1. The van der Waals surface area contributed by atoms with Gasteiger partial charge in [-0.15, -0.1) is 0 Å². The number of nitrogens with one attached hydrogen (secondary N) is 2. The van der Waals surface area contributed by atoms with E-state index in [1.807, 2.05) is 0 Å². The lowest BCUT2D eigenvalue weighted by Gasteiger charge is -2.30. The fourth-order valence-electron chi connectivity index (χ4n) is 2.70. The Kier molecular flexibility index (Phi) is 5.84. The third-order valence-electron chi connectivity index (χ3n) is 4.29. The third kappa shape index (κ3) is 3.88. The molecular formula is C16H25N3O4S. The maximum atomic E-state index is 12.5. The van der Waals surface area contributed by atoms with E-state index in [1.54, 1.807) is 6.07 Å². The highest BCUT2D eigenvalue weighted by Crippen LogP contribution is 2.27. The van der Waals surface area contributed by atoms with Crippen molar-refractivity contribution in [2.24, 2.45) is 5.92 Å². The van der Waals surface area contributed by atoms with Crippen LogP contribution in [-0.4, -0.2) is 59.0 Å². The second kappa shape index (κ2) is 7.50. The Hall–Kier alpha value is -1.64. The van der Waals surface area contributed by atoms with Gasteiger partial charge in [0.2, 0.25) is 10.0 Å². The summed E-state index contributed by atoms with van der Waals surface area (Å²) in [7, 11) is 0.587. The number of piperidine rings is 1. The summed E-state index contributed by atoms with van der Waals surface area (Å²) in [5.74, 6) is 0.271. The molecule has 0 aliphatic carbocycles. The van der Waals surface area contributed by atoms with E-state index in [2.05, 4.69) is 17.6 Å². The molecule has 24 heavy (non-hydrogen) atoms. The summed E-state index contributed by atoms with van der Waals surface area (Å²) >= 11 is 0. The molecule has 0 spiro atoms. The van der Waals surface area contributed by atoms with E-state index in [-0.39, 0.29) is 22.6 Å². The number of methoxy groups -OCH3 is 1. The molecule has 2 atom stereocenters. The molecule has 1 aliphatic rings. The fourth-order valence-corrected chi connectivity index (χ4v) is 3.77. The monoisotopic (exact) mass is 355 g/mol. The molecule has 0 aromatic heterocycles. The first-order chi connectivity index (χ1) is 11.3. The van der Waals surface area contributed by atoms with Gasteiger partial charge in [-0.05, 0) is 43.6 Å². The molecule has 1 amide bonds. The second-order valence-corrected chi connectivity index (χ2v) is 8.32. The number of hydrogen-bond acceptors (Lipinski definition) is 5. The van der Waals surface area contributed by atoms with Gasteiger partial charge in [0.05, 0.1) is 7.11 Å². The first-order valence-corrected chi connectivity index (χ1v) is 9.33. The van der Waals surface area contributed by atoms with Gasteiger partial charge >= 0.3 is 0 Å². The molecule has 1 aromatic rings. The van der Waals surface area contributed by atoms with Crippen LogP contribution in [0.15, 0.2) is 23.1 Å². The van der Waals surface area contributed by atoms with Gasteiger partial charge in [0.25, 0.3) is 5.91 Å². The van der Waals surface area contributed by atoms with Crippen molar-refractivity contribution in [3.8, 4) is 5.75 Å². The minimum absolute atomic E-state index is 0.0130. The summed E-state index contributed by atoms with van der Waals surface area (Å²) in [6.45, 7) is 3.79. The Bertz CT molecular complexity index is 703. The van der Waals surface area contributed by atoms with E-state index < -0.39 is 10.0 Å². The summed E-state index contributed by atoms with van der Waals surface area (Å²) < 4.78 is 31.1. The average Bonchev–Trinajstić information content (AvgIpc) is 2.56. The first kappa shape index (κ1) is 18.7. The molecule has 2 rings (SSSR count). The lowest BCUT2D eigenvalue weighted by molar-refractivity contribution is 0.0914. The van der Waals surface area contributed by atoms with E-state index in [0.717, 1.165) is 23.8 Å². The van der Waals surface area contributed by atoms with Crippen molar-refractivity contribution < 1.29 is 17.9 Å². The molecule has 0 saturated carbocycles. The molecule has 1 heterocycles. The summed E-state index contributed by atoms with van der Waals surface area (Å²) in [5.41, 5.74) is 0.307. The molecule has 7 nitrogen and oxygen atoms in total. The van der Waals surface area contributed by atoms with E-state index in [0.29, 0.717) is 11.5 Å². The van der Waals surface area contributed by atoms with Gasteiger partial charge in [-0.3, -0.25) is 4.79 Å². The summed E-state index contributed by atoms with van der Waals surface area (Å²) in [6.07, 6.45) is 0.853. The maximum Gasteiger partial charge on any atom is 0.251 e. The highest BCUT2D eigenvalue weighted by molar-refractivity contribution is 7.89. The van der Waals surface area contributed by atoms with E-state index in [1.165, 1.54) is 33.3 Å². The fraction of sp³-hybridized carbons (Fsp3) is 0.562. The van der Waals surface area contributed by atoms with Crippen molar-refractivity contribution in [1.29, 1.82) is 0 Å². The lowest BCUT2D eigenvalue weighted by Crippen LogP contribution is -2.48. The number of carbonyl (C=O) groups excluding carboxylic acids is 1. The van der Waals surface area contributed by atoms with Gasteiger partial charge in [0, 0.05) is 25.7 Å². The van der Waals surface area contributed by atoms with Gasteiger partial charge in [-0.2, -0.15) is 0 Å². The van der Waals surface area contributed by atoms with Crippen LogP contribution in [0.4, 0.5) is 0 Å². The maximum absolute atomic E-state index is 12.5. The molecule has 1 saturated heterocycles. The first-order valence-electron chi connectivity index (χ1n) is 7.89. The van der Waals surface area contributed by atoms with Gasteiger partial charge in [0.1, 0.15) is 10.6 Å². The van der Waals surface area contributed by atoms with Crippen LogP contribution in [0, 0.1) is 5.92 Å². The molecule has 1 aliphatic heterocycles. The Labute approximate surface area is 143 Å². The third-order valence-corrected chi connectivity index (χ3v) is 6.12. The molecule has 2 unspecified atom stereocenters. The number of amides is 1. The van der Waals surface area contributed by atoms with Gasteiger partial charge in [-0.25, -0.2) is 12.7 Å². The zero-order valence-corrected chi connectivity index (χ0v) is 15.3. The molecule has 0 radical (unpaired) electrons. The van der Waals surface area contributed by atoms with Crippen LogP contribution in [0.3, 0.4) is 0 Å². The Morgan fingerprint density at radius 1 is 1.38 bits per heavy atom. The van der Waals surface area contributed by atoms with E-state index in [9.17, 15) is 13.2 Å². The highest BCUT2D eigenvalue weighted by Gasteiger charge is 2.26. The number of sulfonamides is 1. The van der Waals surface area contributed by atoms with Crippen molar-refractivity contribution >= 4 is 15.9 Å². The number of carbonyl (C=O) groups is 1. The lowest BCUT2D eigenvalue weighted by atomic mass is 9.95. The molecule has 0 bridgehead atoms. The van der Waals surface area contributed by atoms with Crippen molar-refractivity contribution in [1.82, 2.24) is 14.9 Å². The van der Waals surface area contributed by atoms with Gasteiger partial charge in [-0.1, -0.05) is 6.92 Å². The molecule has 1 fully saturated rings. The largest absolute Gasteiger partial charge is 0.495 e. The Morgan fingerprint density at radius 2 is 2.08 bits per heavy atom. The quantitative estimate of drug-likeness (QED) is 0.811. The summed E-state index contributed by atoms with van der Waals surface area (Å²) in [5, 5.41) is 6.28. The predicted octanol–water partition coefficient (Wildman–Crippen LogP) is 0.673. The minimum Gasteiger partial charge on any atom is -0.495 e. The summed E-state index contributed by atoms with van der Waals surface area (Å²) in [4.78, 5) is 12.5. The molecule has 2 N–H and O–H groups in total. The number of nitrogens with zero attached hydrogens (tertiary/aromatic N) is 1. The van der Waals surface area contributed by atoms with Crippen molar-refractivity contribution in [3.05, 3.63) is 23.8 Å². The number of hydrogen-bond donors (Lipinski definition) is 2. The van der Waals surface area contributed by atoms with E-state index in [4.69, 9.17) is 4.74 Å². The normalized spacial score (nSPS) is 21.5. The smallest absolute Gasteiger partial charge is 0.251 e. The average molecular weight is 355 g/mol. The number of rotatable bonds is 5. The minimum atomic E-state index is -3.70. The van der Waals surface area contributed by atoms with E-state index >= 15 is 0 Å². The van der Waals surface area contributed by atoms with Crippen molar-refractivity contribution in [3.63, 3.8) is 0 Å². The van der Waals surface area contributed by atoms with Crippen LogP contribution in [0.25, 0.3) is 0 Å². The molecular weight excluding hydrogens is 330 g/mol. The van der Waals surface area contributed by atoms with Crippen LogP contribution < -0.4 is 15.4 Å². The van der Waals surface area contributed by atoms with Gasteiger partial charge < -0.3 is 15.4 Å². The molecule has 8 heteroatoms. The van der Waals surface area contributed by atoms with Gasteiger partial charge in [0.15, 0.2) is 0 Å². The topological polar surface area (TPSA) is 87.7 Å². The molecule has 1 aromatic carbocycles. The van der Waals surface area contributed by atoms with Crippen molar-refractivity contribution in [2.45, 2.75) is 24.3 Å². The Balaban J connectivity index is 2.29. The second-order valence-electron chi connectivity index (χ2n) is 6.20. The molecule has 134 valence electrons. The standard InChI is InChI=1S/C16H25N3O4S/c1-11-10-17-8-7-13(11)18-16(20)12-5-6-14(23-4)15(9-12)24(21,22)19(2)3/h5-6,9,11,13,17H,7-8,10H2,1-4H3,(H,18,20). The van der Waals surface area contributed by atoms with Crippen LogP contribution >= 0.6 is 0 Å². The van der Waals surface area contributed by atoms with Crippen LogP contribution in [0.2, 0.25) is 0 Å². The zero-order chi connectivity index (χ0) is 17.9. The Morgan fingerprint density at radius 3 is 2.67 bits per heavy atom. The summed E-state index contributed by atoms with van der Waals surface area (Å²) in [6, 6.07) is 4.54.